The van der Waals surface area contributed by atoms with E-state index >= 15 is 0 Å². The number of sulfonamides is 1. The first kappa shape index (κ1) is 18.7. The number of carboxylic acid groups (broad SMARTS) is 1. The zero-order valence-electron chi connectivity index (χ0n) is 14.2. The molecule has 9 heteroatoms. The van der Waals surface area contributed by atoms with Crippen molar-refractivity contribution in [1.29, 1.82) is 0 Å². The second-order valence-corrected chi connectivity index (χ2v) is 8.64. The Bertz CT molecular complexity index is 1000. The number of carboxylic acids is 1. The fourth-order valence-electron chi connectivity index (χ4n) is 3.06. The summed E-state index contributed by atoms with van der Waals surface area (Å²) < 4.78 is 28.0. The largest absolute Gasteiger partial charge is 0.480 e. The van der Waals surface area contributed by atoms with Gasteiger partial charge in [-0.15, -0.1) is 0 Å². The van der Waals surface area contributed by atoms with Gasteiger partial charge in [0.05, 0.1) is 10.6 Å². The highest BCUT2D eigenvalue weighted by Gasteiger charge is 2.31. The molecule has 0 unspecified atom stereocenters. The molecule has 0 radical (unpaired) electrons. The minimum atomic E-state index is -4.07. The van der Waals surface area contributed by atoms with E-state index in [4.69, 9.17) is 0 Å². The molecule has 1 amide bonds. The van der Waals surface area contributed by atoms with Crippen molar-refractivity contribution in [2.75, 3.05) is 24.0 Å². The molecule has 2 aromatic rings. The minimum Gasteiger partial charge on any atom is -0.480 e. The van der Waals surface area contributed by atoms with Gasteiger partial charge in [-0.1, -0.05) is 12.1 Å². The van der Waals surface area contributed by atoms with Crippen molar-refractivity contribution in [2.45, 2.75) is 17.4 Å². The summed E-state index contributed by atoms with van der Waals surface area (Å²) in [7, 11) is -2.44. The van der Waals surface area contributed by atoms with Crippen molar-refractivity contribution in [3.8, 4) is 0 Å². The van der Waals surface area contributed by atoms with Gasteiger partial charge >= 0.3 is 5.97 Å². The molecule has 0 aliphatic carbocycles. The maximum absolute atomic E-state index is 12.9. The Balaban J connectivity index is 2.08. The van der Waals surface area contributed by atoms with Gasteiger partial charge in [-0.3, -0.25) is 9.59 Å². The molecule has 0 fully saturated rings. The molecule has 1 atom stereocenters. The molecule has 0 bridgehead atoms. The lowest BCUT2D eigenvalue weighted by molar-refractivity contribution is -0.139. The monoisotopic (exact) mass is 394 g/mol. The minimum absolute atomic E-state index is 0.0309. The molecule has 3 rings (SSSR count). The third-order valence-electron chi connectivity index (χ3n) is 4.37. The Labute approximate surface area is 155 Å². The lowest BCUT2D eigenvalue weighted by Gasteiger charge is -2.16. The van der Waals surface area contributed by atoms with Gasteiger partial charge in [0.25, 0.3) is 5.91 Å². The molecule has 1 aliphatic rings. The third-order valence-corrected chi connectivity index (χ3v) is 6.54. The van der Waals surface area contributed by atoms with Gasteiger partial charge in [-0.05, 0) is 36.6 Å². The molecule has 0 saturated carbocycles. The van der Waals surface area contributed by atoms with E-state index in [9.17, 15) is 23.1 Å². The maximum Gasteiger partial charge on any atom is 0.321 e. The molecular weight excluding hydrogens is 376 g/mol. The van der Waals surface area contributed by atoms with Crippen LogP contribution in [0.15, 0.2) is 35.2 Å². The number of rotatable bonds is 7. The van der Waals surface area contributed by atoms with E-state index in [0.29, 0.717) is 27.8 Å². The van der Waals surface area contributed by atoms with Crippen LogP contribution in [0.25, 0.3) is 10.8 Å². The van der Waals surface area contributed by atoms with E-state index < -0.39 is 22.0 Å². The summed E-state index contributed by atoms with van der Waals surface area (Å²) in [6.07, 6.45) is 2.00. The normalized spacial score (nSPS) is 14.8. The number of carbonyl (C=O) groups is 2. The van der Waals surface area contributed by atoms with Gasteiger partial charge in [0.2, 0.25) is 10.0 Å². The molecule has 0 spiro atoms. The Morgan fingerprint density at radius 1 is 1.31 bits per heavy atom. The van der Waals surface area contributed by atoms with Crippen molar-refractivity contribution >= 4 is 50.1 Å². The molecule has 1 aliphatic heterocycles. The molecular formula is C17H18N2O5S2. The number of hydrogen-bond acceptors (Lipinski definition) is 5. The van der Waals surface area contributed by atoms with Crippen LogP contribution in [0.4, 0.5) is 5.69 Å². The molecule has 2 N–H and O–H groups in total. The fraction of sp³-hybridized carbons (Fsp3) is 0.294. The van der Waals surface area contributed by atoms with Crippen LogP contribution >= 0.6 is 11.8 Å². The third kappa shape index (κ3) is 3.06. The average molecular weight is 394 g/mol. The van der Waals surface area contributed by atoms with Gasteiger partial charge in [-0.2, -0.15) is 16.5 Å². The van der Waals surface area contributed by atoms with Gasteiger partial charge in [-0.25, -0.2) is 8.42 Å². The molecule has 0 saturated heterocycles. The summed E-state index contributed by atoms with van der Waals surface area (Å²) in [5.41, 5.74) is 1.07. The van der Waals surface area contributed by atoms with Crippen LogP contribution in [0.1, 0.15) is 16.8 Å². The molecule has 1 heterocycles. The van der Waals surface area contributed by atoms with E-state index in [1.165, 1.54) is 22.7 Å². The molecule has 2 aromatic carbocycles. The summed E-state index contributed by atoms with van der Waals surface area (Å²) in [4.78, 5) is 25.1. The van der Waals surface area contributed by atoms with E-state index in [0.717, 1.165) is 0 Å². The lowest BCUT2D eigenvalue weighted by atomic mass is 10.1. The van der Waals surface area contributed by atoms with Crippen LogP contribution in [0.2, 0.25) is 0 Å². The summed E-state index contributed by atoms with van der Waals surface area (Å²) in [6, 6.07) is 6.68. The number of thioether (sulfide) groups is 1. The summed E-state index contributed by atoms with van der Waals surface area (Å²) in [5, 5.41) is 10.3. The van der Waals surface area contributed by atoms with Crippen molar-refractivity contribution < 1.29 is 23.1 Å². The number of hydrogen-bond donors (Lipinski definition) is 2. The Morgan fingerprint density at radius 3 is 2.69 bits per heavy atom. The number of anilines is 1. The van der Waals surface area contributed by atoms with Crippen molar-refractivity contribution in [3.63, 3.8) is 0 Å². The first-order valence-corrected chi connectivity index (χ1v) is 10.7. The van der Waals surface area contributed by atoms with Crippen molar-refractivity contribution in [3.05, 3.63) is 35.9 Å². The number of carbonyl (C=O) groups excluding carboxylic acids is 1. The van der Waals surface area contributed by atoms with E-state index in [-0.39, 0.29) is 17.2 Å². The highest BCUT2D eigenvalue weighted by molar-refractivity contribution is 7.98. The zero-order valence-corrected chi connectivity index (χ0v) is 15.9. The average Bonchev–Trinajstić information content (AvgIpc) is 2.85. The fourth-order valence-corrected chi connectivity index (χ4v) is 4.96. The van der Waals surface area contributed by atoms with E-state index in [1.54, 1.807) is 31.3 Å². The molecule has 138 valence electrons. The second-order valence-electron chi connectivity index (χ2n) is 5.97. The SMILES string of the molecule is CSCC[C@@H](NS(=O)(=O)c1ccc2c3c(cccc13)C(=O)N2C)C(=O)O. The summed E-state index contributed by atoms with van der Waals surface area (Å²) in [5.74, 6) is -0.900. The van der Waals surface area contributed by atoms with Crippen LogP contribution in [0.3, 0.4) is 0 Å². The number of nitrogens with zero attached hydrogens (tertiary/aromatic N) is 1. The van der Waals surface area contributed by atoms with Gasteiger partial charge in [0.1, 0.15) is 6.04 Å². The Morgan fingerprint density at radius 2 is 2.04 bits per heavy atom. The van der Waals surface area contributed by atoms with Crippen LogP contribution in [-0.4, -0.2) is 50.5 Å². The van der Waals surface area contributed by atoms with Gasteiger partial charge in [0, 0.05) is 23.4 Å². The van der Waals surface area contributed by atoms with Crippen LogP contribution in [0, 0.1) is 0 Å². The van der Waals surface area contributed by atoms with Crippen LogP contribution in [-0.2, 0) is 14.8 Å². The number of benzene rings is 2. The second kappa shape index (κ2) is 6.90. The number of aliphatic carboxylic acids is 1. The van der Waals surface area contributed by atoms with E-state index in [2.05, 4.69) is 4.72 Å². The first-order valence-electron chi connectivity index (χ1n) is 7.86. The topological polar surface area (TPSA) is 104 Å². The van der Waals surface area contributed by atoms with Crippen molar-refractivity contribution in [1.82, 2.24) is 4.72 Å². The van der Waals surface area contributed by atoms with Crippen LogP contribution < -0.4 is 9.62 Å². The predicted molar refractivity (Wildman–Crippen MR) is 101 cm³/mol. The highest BCUT2D eigenvalue weighted by atomic mass is 32.2. The van der Waals surface area contributed by atoms with Crippen LogP contribution in [0.5, 0.6) is 0 Å². The molecule has 7 nitrogen and oxygen atoms in total. The predicted octanol–water partition coefficient (Wildman–Crippen LogP) is 1.91. The smallest absolute Gasteiger partial charge is 0.321 e. The van der Waals surface area contributed by atoms with Gasteiger partial charge < -0.3 is 10.0 Å². The van der Waals surface area contributed by atoms with Crippen molar-refractivity contribution in [2.24, 2.45) is 0 Å². The Kier molecular flexibility index (Phi) is 4.96. The van der Waals surface area contributed by atoms with E-state index in [1.807, 2.05) is 6.26 Å². The molecule has 26 heavy (non-hydrogen) atoms. The Hall–Kier alpha value is -2.10. The summed E-state index contributed by atoms with van der Waals surface area (Å²) in [6.45, 7) is 0. The van der Waals surface area contributed by atoms with Gasteiger partial charge in [0.15, 0.2) is 0 Å². The zero-order chi connectivity index (χ0) is 19.1. The standard InChI is InChI=1S/C17H18N2O5S2/c1-19-13-6-7-14(10-4-3-5-11(15(10)13)16(19)20)26(23,24)18-12(17(21)22)8-9-25-2/h3-7,12,18H,8-9H2,1-2H3,(H,21,22)/t12-/m1/s1. The maximum atomic E-state index is 12.9. The number of nitrogens with one attached hydrogen (secondary N) is 1. The summed E-state index contributed by atoms with van der Waals surface area (Å²) >= 11 is 1.44. The first-order chi connectivity index (χ1) is 12.3. The number of amides is 1. The lowest BCUT2D eigenvalue weighted by Crippen LogP contribution is -2.41. The quantitative estimate of drug-likeness (QED) is 0.744. The molecule has 0 aromatic heterocycles. The highest BCUT2D eigenvalue weighted by Crippen LogP contribution is 2.39.